The molecule has 2 unspecified atom stereocenters. The summed E-state index contributed by atoms with van der Waals surface area (Å²) in [7, 11) is 2.17. The Morgan fingerprint density at radius 1 is 1.42 bits per heavy atom. The minimum Gasteiger partial charge on any atom is -0.306 e. The zero-order valence-electron chi connectivity index (χ0n) is 8.08. The molecule has 1 aliphatic heterocycles. The summed E-state index contributed by atoms with van der Waals surface area (Å²) < 4.78 is 0. The second-order valence-electron chi connectivity index (χ2n) is 3.91. The fourth-order valence-electron chi connectivity index (χ4n) is 1.87. The average Bonchev–Trinajstić information content (AvgIpc) is 2.29. The lowest BCUT2D eigenvalue weighted by Gasteiger charge is -2.16. The molecule has 0 saturated carbocycles. The predicted octanol–water partition coefficient (Wildman–Crippen LogP) is 1.88. The first-order chi connectivity index (χ1) is 5.74. The molecule has 0 bridgehead atoms. The van der Waals surface area contributed by atoms with Crippen LogP contribution in [0, 0.1) is 23.2 Å². The Bertz CT molecular complexity index is 171. The third kappa shape index (κ3) is 2.49. The van der Waals surface area contributed by atoms with E-state index in [9.17, 15) is 0 Å². The van der Waals surface area contributed by atoms with Gasteiger partial charge < -0.3 is 4.90 Å². The number of hydrogen-bond acceptors (Lipinski definition) is 2. The van der Waals surface area contributed by atoms with Crippen LogP contribution in [0.3, 0.4) is 0 Å². The Morgan fingerprint density at radius 2 is 2.17 bits per heavy atom. The molecule has 1 rings (SSSR count). The highest BCUT2D eigenvalue weighted by molar-refractivity contribution is 4.86. The molecule has 1 aliphatic rings. The third-order valence-corrected chi connectivity index (χ3v) is 2.91. The van der Waals surface area contributed by atoms with Gasteiger partial charge in [0.1, 0.15) is 0 Å². The van der Waals surface area contributed by atoms with Crippen LogP contribution in [-0.4, -0.2) is 25.0 Å². The van der Waals surface area contributed by atoms with Crippen molar-refractivity contribution in [1.82, 2.24) is 4.90 Å². The van der Waals surface area contributed by atoms with Gasteiger partial charge in [0.15, 0.2) is 0 Å². The number of rotatable bonds is 1. The predicted molar refractivity (Wildman–Crippen MR) is 49.6 cm³/mol. The lowest BCUT2D eigenvalue weighted by Crippen LogP contribution is -2.19. The van der Waals surface area contributed by atoms with E-state index < -0.39 is 0 Å². The fraction of sp³-hybridized carbons (Fsp3) is 0.900. The largest absolute Gasteiger partial charge is 0.306 e. The van der Waals surface area contributed by atoms with Gasteiger partial charge in [-0.15, -0.1) is 0 Å². The highest BCUT2D eigenvalue weighted by Crippen LogP contribution is 2.23. The Kier molecular flexibility index (Phi) is 3.55. The molecule has 68 valence electrons. The standard InChI is InChI=1S/C10H18N2/c1-9(8-11)10-4-3-6-12(2)7-5-10/h9-10H,3-7H2,1-2H3. The molecule has 1 fully saturated rings. The van der Waals surface area contributed by atoms with Crippen molar-refractivity contribution in [2.45, 2.75) is 26.2 Å². The van der Waals surface area contributed by atoms with Gasteiger partial charge in [0.2, 0.25) is 0 Å². The topological polar surface area (TPSA) is 27.0 Å². The van der Waals surface area contributed by atoms with Crippen molar-refractivity contribution in [1.29, 1.82) is 5.26 Å². The van der Waals surface area contributed by atoms with E-state index in [0.717, 1.165) is 6.54 Å². The van der Waals surface area contributed by atoms with Crippen LogP contribution in [0.15, 0.2) is 0 Å². The average molecular weight is 166 g/mol. The highest BCUT2D eigenvalue weighted by Gasteiger charge is 2.19. The molecule has 0 aromatic heterocycles. The molecule has 0 aromatic carbocycles. The van der Waals surface area contributed by atoms with Crippen LogP contribution >= 0.6 is 0 Å². The number of hydrogen-bond donors (Lipinski definition) is 0. The molecule has 2 nitrogen and oxygen atoms in total. The van der Waals surface area contributed by atoms with Crippen LogP contribution in [-0.2, 0) is 0 Å². The summed E-state index contributed by atoms with van der Waals surface area (Å²) in [5.41, 5.74) is 0. The maximum Gasteiger partial charge on any atom is 0.0655 e. The van der Waals surface area contributed by atoms with Gasteiger partial charge in [-0.3, -0.25) is 0 Å². The van der Waals surface area contributed by atoms with Gasteiger partial charge in [-0.2, -0.15) is 5.26 Å². The lowest BCUT2D eigenvalue weighted by molar-refractivity contribution is 0.330. The summed E-state index contributed by atoms with van der Waals surface area (Å²) in [4.78, 5) is 2.37. The summed E-state index contributed by atoms with van der Waals surface area (Å²) in [5.74, 6) is 0.886. The molecule has 1 heterocycles. The van der Waals surface area contributed by atoms with Gasteiger partial charge in [-0.1, -0.05) is 0 Å². The van der Waals surface area contributed by atoms with Crippen LogP contribution in [0.25, 0.3) is 0 Å². The number of nitriles is 1. The van der Waals surface area contributed by atoms with E-state index in [2.05, 4.69) is 24.9 Å². The monoisotopic (exact) mass is 166 g/mol. The second-order valence-corrected chi connectivity index (χ2v) is 3.91. The van der Waals surface area contributed by atoms with Crippen molar-refractivity contribution in [3.63, 3.8) is 0 Å². The van der Waals surface area contributed by atoms with Crippen molar-refractivity contribution >= 4 is 0 Å². The molecule has 0 N–H and O–H groups in total. The molecular weight excluding hydrogens is 148 g/mol. The number of likely N-dealkylation sites (tertiary alicyclic amines) is 1. The fourth-order valence-corrected chi connectivity index (χ4v) is 1.87. The van der Waals surface area contributed by atoms with Crippen molar-refractivity contribution in [2.24, 2.45) is 11.8 Å². The maximum atomic E-state index is 8.78. The van der Waals surface area contributed by atoms with E-state index in [1.165, 1.54) is 25.8 Å². The minimum atomic E-state index is 0.247. The molecule has 1 saturated heterocycles. The SMILES string of the molecule is CC(C#N)C1CCCN(C)CC1. The second kappa shape index (κ2) is 4.47. The molecule has 0 aliphatic carbocycles. The smallest absolute Gasteiger partial charge is 0.0655 e. The molecule has 0 amide bonds. The summed E-state index contributed by atoms with van der Waals surface area (Å²) in [6.07, 6.45) is 3.69. The summed E-state index contributed by atoms with van der Waals surface area (Å²) in [5, 5.41) is 8.78. The van der Waals surface area contributed by atoms with Gasteiger partial charge in [-0.05, 0) is 52.2 Å². The lowest BCUT2D eigenvalue weighted by atomic mass is 9.89. The zero-order valence-corrected chi connectivity index (χ0v) is 8.08. The van der Waals surface area contributed by atoms with Crippen molar-refractivity contribution < 1.29 is 0 Å². The van der Waals surface area contributed by atoms with Crippen LogP contribution in [0.2, 0.25) is 0 Å². The first-order valence-corrected chi connectivity index (χ1v) is 4.82. The van der Waals surface area contributed by atoms with Crippen molar-refractivity contribution in [2.75, 3.05) is 20.1 Å². The first kappa shape index (κ1) is 9.54. The first-order valence-electron chi connectivity index (χ1n) is 4.82. The molecule has 0 radical (unpaired) electrons. The molecule has 12 heavy (non-hydrogen) atoms. The van der Waals surface area contributed by atoms with Crippen molar-refractivity contribution in [3.05, 3.63) is 0 Å². The number of nitrogens with zero attached hydrogens (tertiary/aromatic N) is 2. The van der Waals surface area contributed by atoms with E-state index in [1.807, 2.05) is 0 Å². The quantitative estimate of drug-likeness (QED) is 0.594. The summed E-state index contributed by atoms with van der Waals surface area (Å²) >= 11 is 0. The van der Waals surface area contributed by atoms with E-state index >= 15 is 0 Å². The summed E-state index contributed by atoms with van der Waals surface area (Å²) in [6.45, 7) is 4.42. The summed E-state index contributed by atoms with van der Waals surface area (Å²) in [6, 6.07) is 2.36. The normalized spacial score (nSPS) is 28.9. The van der Waals surface area contributed by atoms with E-state index in [4.69, 9.17) is 5.26 Å². The van der Waals surface area contributed by atoms with E-state index in [-0.39, 0.29) is 5.92 Å². The van der Waals surface area contributed by atoms with Gasteiger partial charge in [-0.25, -0.2) is 0 Å². The molecule has 2 atom stereocenters. The van der Waals surface area contributed by atoms with Gasteiger partial charge in [0.05, 0.1) is 6.07 Å². The molecular formula is C10H18N2. The Hall–Kier alpha value is -0.550. The van der Waals surface area contributed by atoms with Gasteiger partial charge >= 0.3 is 0 Å². The van der Waals surface area contributed by atoms with Crippen LogP contribution in [0.5, 0.6) is 0 Å². The highest BCUT2D eigenvalue weighted by atomic mass is 15.1. The minimum absolute atomic E-state index is 0.247. The van der Waals surface area contributed by atoms with Crippen LogP contribution < -0.4 is 0 Å². The van der Waals surface area contributed by atoms with Crippen LogP contribution in [0.4, 0.5) is 0 Å². The van der Waals surface area contributed by atoms with E-state index in [0.29, 0.717) is 5.92 Å². The molecule has 0 aromatic rings. The molecule has 0 spiro atoms. The van der Waals surface area contributed by atoms with Gasteiger partial charge in [0.25, 0.3) is 0 Å². The third-order valence-electron chi connectivity index (χ3n) is 2.91. The Morgan fingerprint density at radius 3 is 2.83 bits per heavy atom. The van der Waals surface area contributed by atoms with E-state index in [1.54, 1.807) is 0 Å². The maximum absolute atomic E-state index is 8.78. The zero-order chi connectivity index (χ0) is 8.97. The molecule has 2 heteroatoms. The van der Waals surface area contributed by atoms with Crippen LogP contribution in [0.1, 0.15) is 26.2 Å². The Labute approximate surface area is 75.2 Å². The van der Waals surface area contributed by atoms with Crippen molar-refractivity contribution in [3.8, 4) is 6.07 Å². The Balaban J connectivity index is 2.41. The van der Waals surface area contributed by atoms with Gasteiger partial charge in [0, 0.05) is 5.92 Å².